The Morgan fingerprint density at radius 3 is 2.85 bits per heavy atom. The van der Waals surface area contributed by atoms with E-state index in [4.69, 9.17) is 5.73 Å². The second kappa shape index (κ2) is 7.31. The lowest BCUT2D eigenvalue weighted by atomic mass is 10.0. The first-order valence-corrected chi connectivity index (χ1v) is 6.53. The van der Waals surface area contributed by atoms with Gasteiger partial charge >= 0.3 is 0 Å². The molecule has 1 atom stereocenters. The summed E-state index contributed by atoms with van der Waals surface area (Å²) in [5, 5.41) is 6.08. The van der Waals surface area contributed by atoms with Crippen molar-refractivity contribution in [1.29, 1.82) is 0 Å². The molecule has 112 valence electrons. The van der Waals surface area contributed by atoms with Crippen LogP contribution >= 0.6 is 12.4 Å². The summed E-state index contributed by atoms with van der Waals surface area (Å²) in [6.07, 6.45) is 4.24. The highest BCUT2D eigenvalue weighted by molar-refractivity contribution is 5.95. The third-order valence-electron chi connectivity index (χ3n) is 3.48. The van der Waals surface area contributed by atoms with E-state index < -0.39 is 5.91 Å². The maximum atomic E-state index is 11.8. The summed E-state index contributed by atoms with van der Waals surface area (Å²) in [7, 11) is 1.72. The van der Waals surface area contributed by atoms with Gasteiger partial charge in [0.15, 0.2) is 0 Å². The lowest BCUT2D eigenvalue weighted by Gasteiger charge is -2.07. The van der Waals surface area contributed by atoms with Crippen molar-refractivity contribution in [3.05, 3.63) is 18.0 Å². The van der Waals surface area contributed by atoms with Crippen LogP contribution in [-0.2, 0) is 11.8 Å². The van der Waals surface area contributed by atoms with Crippen LogP contribution in [0.5, 0.6) is 0 Å². The number of rotatable bonds is 5. The first kappa shape index (κ1) is 16.5. The Morgan fingerprint density at radius 1 is 1.55 bits per heavy atom. The normalized spacial score (nSPS) is 17.6. The number of hydrogen-bond donors (Lipinski definition) is 3. The van der Waals surface area contributed by atoms with Gasteiger partial charge in [-0.2, -0.15) is 0 Å². The third-order valence-corrected chi connectivity index (χ3v) is 3.48. The van der Waals surface area contributed by atoms with E-state index in [0.29, 0.717) is 23.7 Å². The molecule has 1 aromatic heterocycles. The van der Waals surface area contributed by atoms with E-state index in [0.717, 1.165) is 25.9 Å². The predicted molar refractivity (Wildman–Crippen MR) is 80.0 cm³/mol. The zero-order chi connectivity index (χ0) is 13.8. The molecule has 1 aliphatic rings. The molecule has 1 fully saturated rings. The van der Waals surface area contributed by atoms with Gasteiger partial charge in [0.05, 0.1) is 5.69 Å². The van der Waals surface area contributed by atoms with E-state index >= 15 is 0 Å². The summed E-state index contributed by atoms with van der Waals surface area (Å²) in [5.41, 5.74) is 6.22. The largest absolute Gasteiger partial charge is 0.364 e. The van der Waals surface area contributed by atoms with E-state index in [-0.39, 0.29) is 18.3 Å². The number of carbonyl (C=O) groups excluding carboxylic acids is 2. The number of anilines is 1. The summed E-state index contributed by atoms with van der Waals surface area (Å²) in [6.45, 7) is 2.05. The van der Waals surface area contributed by atoms with Gasteiger partial charge in [0.2, 0.25) is 5.91 Å². The number of halogens is 1. The molecule has 0 saturated carbocycles. The maximum Gasteiger partial charge on any atom is 0.265 e. The minimum atomic E-state index is -0.500. The molecule has 2 rings (SSSR count). The fraction of sp³-hybridized carbons (Fsp3) is 0.538. The lowest BCUT2D eigenvalue weighted by Crippen LogP contribution is -2.15. The Hall–Kier alpha value is -1.53. The van der Waals surface area contributed by atoms with Gasteiger partial charge in [-0.1, -0.05) is 0 Å². The average molecular weight is 301 g/mol. The second-order valence-electron chi connectivity index (χ2n) is 5.03. The van der Waals surface area contributed by atoms with Crippen LogP contribution in [0.4, 0.5) is 5.69 Å². The Morgan fingerprint density at radius 2 is 2.30 bits per heavy atom. The van der Waals surface area contributed by atoms with Gasteiger partial charge in [-0.3, -0.25) is 9.59 Å². The number of primary amides is 1. The minimum absolute atomic E-state index is 0. The van der Waals surface area contributed by atoms with Crippen LogP contribution in [0.25, 0.3) is 0 Å². The van der Waals surface area contributed by atoms with Crippen molar-refractivity contribution in [3.8, 4) is 0 Å². The number of aromatic nitrogens is 1. The number of nitrogens with one attached hydrogen (secondary N) is 2. The van der Waals surface area contributed by atoms with Gasteiger partial charge in [0, 0.05) is 19.7 Å². The van der Waals surface area contributed by atoms with Crippen LogP contribution in [0.1, 0.15) is 29.8 Å². The van der Waals surface area contributed by atoms with E-state index in [1.54, 1.807) is 23.9 Å². The molecule has 0 radical (unpaired) electrons. The second-order valence-corrected chi connectivity index (χ2v) is 5.03. The average Bonchev–Trinajstić information content (AvgIpc) is 2.96. The standard InChI is InChI=1S/C13H20N4O2.ClH/c1-17-8-10(6-11(17)13(14)19)16-12(18)3-2-9-4-5-15-7-9;/h6,8-9,15H,2-5,7H2,1H3,(H2,14,19)(H,16,18);1H. The number of nitrogens with two attached hydrogens (primary N) is 1. The highest BCUT2D eigenvalue weighted by atomic mass is 35.5. The van der Waals surface area contributed by atoms with E-state index in [1.165, 1.54) is 0 Å². The topological polar surface area (TPSA) is 89.2 Å². The predicted octanol–water partition coefficient (Wildman–Crippen LogP) is 0.874. The Kier molecular flexibility index (Phi) is 6.04. The molecule has 0 aliphatic carbocycles. The maximum absolute atomic E-state index is 11.8. The molecule has 1 saturated heterocycles. The van der Waals surface area contributed by atoms with Crippen molar-refractivity contribution in [2.75, 3.05) is 18.4 Å². The quantitative estimate of drug-likeness (QED) is 0.754. The lowest BCUT2D eigenvalue weighted by molar-refractivity contribution is -0.116. The van der Waals surface area contributed by atoms with Crippen LogP contribution in [-0.4, -0.2) is 29.5 Å². The SMILES string of the molecule is Cl.Cn1cc(NC(=O)CCC2CCNC2)cc1C(N)=O. The molecule has 1 aliphatic heterocycles. The molecule has 1 unspecified atom stereocenters. The van der Waals surface area contributed by atoms with Crippen molar-refractivity contribution in [1.82, 2.24) is 9.88 Å². The van der Waals surface area contributed by atoms with Gasteiger partial charge < -0.3 is 20.9 Å². The Balaban J connectivity index is 0.00000200. The molecule has 20 heavy (non-hydrogen) atoms. The number of amides is 2. The Labute approximate surface area is 124 Å². The molecule has 0 spiro atoms. The number of hydrogen-bond acceptors (Lipinski definition) is 3. The molecule has 0 bridgehead atoms. The molecule has 6 nitrogen and oxygen atoms in total. The summed E-state index contributed by atoms with van der Waals surface area (Å²) >= 11 is 0. The molecule has 0 aromatic carbocycles. The molecule has 1 aromatic rings. The first-order chi connectivity index (χ1) is 9.06. The van der Waals surface area contributed by atoms with Gasteiger partial charge in [-0.05, 0) is 37.9 Å². The van der Waals surface area contributed by atoms with Crippen LogP contribution in [0, 0.1) is 5.92 Å². The zero-order valence-electron chi connectivity index (χ0n) is 11.5. The van der Waals surface area contributed by atoms with E-state index in [2.05, 4.69) is 10.6 Å². The first-order valence-electron chi connectivity index (χ1n) is 6.53. The molecule has 4 N–H and O–H groups in total. The monoisotopic (exact) mass is 300 g/mol. The van der Waals surface area contributed by atoms with Gasteiger partial charge in [-0.25, -0.2) is 0 Å². The van der Waals surface area contributed by atoms with Gasteiger partial charge in [0.25, 0.3) is 5.91 Å². The van der Waals surface area contributed by atoms with Crippen LogP contribution in [0.3, 0.4) is 0 Å². The fourth-order valence-electron chi connectivity index (χ4n) is 2.40. The summed E-state index contributed by atoms with van der Waals surface area (Å²) in [6, 6.07) is 1.59. The highest BCUT2D eigenvalue weighted by Gasteiger charge is 2.16. The summed E-state index contributed by atoms with van der Waals surface area (Å²) in [4.78, 5) is 22.9. The van der Waals surface area contributed by atoms with E-state index in [1.807, 2.05) is 0 Å². The summed E-state index contributed by atoms with van der Waals surface area (Å²) in [5.74, 6) is 0.0799. The van der Waals surface area contributed by atoms with Crippen molar-refractivity contribution in [3.63, 3.8) is 0 Å². The summed E-state index contributed by atoms with van der Waals surface area (Å²) < 4.78 is 1.61. The highest BCUT2D eigenvalue weighted by Crippen LogP contribution is 2.16. The van der Waals surface area contributed by atoms with E-state index in [9.17, 15) is 9.59 Å². The van der Waals surface area contributed by atoms with Crippen molar-refractivity contribution in [2.45, 2.75) is 19.3 Å². The molecular weight excluding hydrogens is 280 g/mol. The Bertz CT molecular complexity index is 481. The van der Waals surface area contributed by atoms with Crippen molar-refractivity contribution >= 4 is 29.9 Å². The molecule has 7 heteroatoms. The van der Waals surface area contributed by atoms with Crippen molar-refractivity contribution < 1.29 is 9.59 Å². The third kappa shape index (κ3) is 4.25. The smallest absolute Gasteiger partial charge is 0.265 e. The van der Waals surface area contributed by atoms with Crippen molar-refractivity contribution in [2.24, 2.45) is 18.7 Å². The molecule has 2 heterocycles. The number of aryl methyl sites for hydroxylation is 1. The van der Waals surface area contributed by atoms with Crippen LogP contribution < -0.4 is 16.4 Å². The molecule has 2 amide bonds. The zero-order valence-corrected chi connectivity index (χ0v) is 12.3. The minimum Gasteiger partial charge on any atom is -0.364 e. The number of carbonyl (C=O) groups is 2. The van der Waals surface area contributed by atoms with Gasteiger partial charge in [-0.15, -0.1) is 12.4 Å². The molecular formula is C13H21ClN4O2. The fourth-order valence-corrected chi connectivity index (χ4v) is 2.40. The van der Waals surface area contributed by atoms with Crippen LogP contribution in [0.2, 0.25) is 0 Å². The van der Waals surface area contributed by atoms with Crippen LogP contribution in [0.15, 0.2) is 12.3 Å². The number of nitrogens with zero attached hydrogens (tertiary/aromatic N) is 1. The van der Waals surface area contributed by atoms with Gasteiger partial charge in [0.1, 0.15) is 5.69 Å².